The summed E-state index contributed by atoms with van der Waals surface area (Å²) in [5, 5.41) is 20.9. The van der Waals surface area contributed by atoms with E-state index in [0.717, 1.165) is 29.0 Å². The van der Waals surface area contributed by atoms with Gasteiger partial charge in [-0.05, 0) is 37.6 Å². The lowest BCUT2D eigenvalue weighted by Crippen LogP contribution is -2.41. The van der Waals surface area contributed by atoms with E-state index in [0.29, 0.717) is 5.02 Å². The smallest absolute Gasteiger partial charge is 0.137 e. The monoisotopic (exact) mass is 443 g/mol. The van der Waals surface area contributed by atoms with E-state index in [1.54, 1.807) is 23.9 Å². The molecule has 4 aromatic rings. The standard InChI is InChI=1S/C22H20ClF2N5O/c1-14-19(16-4-3-5-17(23)8-16)10-27-30(14)15(2)22(31,11-29-13-26-12-28-29)20-7-6-18(24)9-21(20)25/h3-10,12-13,15,31H,11H2,1-2H3/t15-,22-/m1/s1. The van der Waals surface area contributed by atoms with E-state index in [1.165, 1.54) is 23.4 Å². The largest absolute Gasteiger partial charge is 0.381 e. The van der Waals surface area contributed by atoms with Crippen molar-refractivity contribution in [1.29, 1.82) is 0 Å². The van der Waals surface area contributed by atoms with E-state index < -0.39 is 23.3 Å². The summed E-state index contributed by atoms with van der Waals surface area (Å²) in [7, 11) is 0. The third-order valence-electron chi connectivity index (χ3n) is 5.51. The van der Waals surface area contributed by atoms with Crippen molar-refractivity contribution in [3.8, 4) is 11.1 Å². The molecule has 0 aliphatic rings. The molecule has 9 heteroatoms. The first-order chi connectivity index (χ1) is 14.8. The Kier molecular flexibility index (Phi) is 5.60. The highest BCUT2D eigenvalue weighted by Crippen LogP contribution is 2.38. The maximum Gasteiger partial charge on any atom is 0.137 e. The Morgan fingerprint density at radius 3 is 2.65 bits per heavy atom. The maximum absolute atomic E-state index is 14.8. The molecule has 0 radical (unpaired) electrons. The number of hydrogen-bond donors (Lipinski definition) is 1. The summed E-state index contributed by atoms with van der Waals surface area (Å²) in [5.41, 5.74) is 0.604. The second-order valence-corrected chi connectivity index (χ2v) is 7.85. The predicted molar refractivity (Wildman–Crippen MR) is 112 cm³/mol. The Morgan fingerprint density at radius 2 is 1.97 bits per heavy atom. The first-order valence-electron chi connectivity index (χ1n) is 9.60. The summed E-state index contributed by atoms with van der Waals surface area (Å²) in [6.45, 7) is 3.47. The molecule has 0 amide bonds. The van der Waals surface area contributed by atoms with Gasteiger partial charge in [-0.3, -0.25) is 4.68 Å². The first kappa shape index (κ1) is 21.1. The van der Waals surface area contributed by atoms with Crippen molar-refractivity contribution in [1.82, 2.24) is 24.5 Å². The maximum atomic E-state index is 14.8. The molecule has 4 rings (SSSR count). The molecule has 1 N–H and O–H groups in total. The molecule has 0 bridgehead atoms. The van der Waals surface area contributed by atoms with Gasteiger partial charge in [-0.15, -0.1) is 0 Å². The molecule has 0 saturated heterocycles. The van der Waals surface area contributed by atoms with Gasteiger partial charge in [0, 0.05) is 27.9 Å². The van der Waals surface area contributed by atoms with Crippen LogP contribution in [0.2, 0.25) is 5.02 Å². The fourth-order valence-corrected chi connectivity index (χ4v) is 3.99. The van der Waals surface area contributed by atoms with Gasteiger partial charge in [-0.2, -0.15) is 10.2 Å². The summed E-state index contributed by atoms with van der Waals surface area (Å²) < 4.78 is 31.3. The van der Waals surface area contributed by atoms with Crippen molar-refractivity contribution >= 4 is 11.6 Å². The topological polar surface area (TPSA) is 68.8 Å². The van der Waals surface area contributed by atoms with Crippen molar-refractivity contribution in [2.24, 2.45) is 0 Å². The van der Waals surface area contributed by atoms with Crippen molar-refractivity contribution in [3.05, 3.63) is 89.2 Å². The summed E-state index contributed by atoms with van der Waals surface area (Å²) in [4.78, 5) is 3.89. The highest BCUT2D eigenvalue weighted by molar-refractivity contribution is 6.30. The molecule has 0 unspecified atom stereocenters. The molecule has 2 aromatic heterocycles. The van der Waals surface area contributed by atoms with Crippen molar-refractivity contribution in [3.63, 3.8) is 0 Å². The molecule has 160 valence electrons. The first-order valence-corrected chi connectivity index (χ1v) is 9.98. The zero-order valence-corrected chi connectivity index (χ0v) is 17.6. The van der Waals surface area contributed by atoms with Crippen LogP contribution in [0.15, 0.2) is 61.3 Å². The average molecular weight is 444 g/mol. The minimum atomic E-state index is -1.80. The quantitative estimate of drug-likeness (QED) is 0.475. The number of aromatic nitrogens is 5. The Morgan fingerprint density at radius 1 is 1.16 bits per heavy atom. The molecule has 0 saturated carbocycles. The van der Waals surface area contributed by atoms with E-state index >= 15 is 0 Å². The van der Waals surface area contributed by atoms with E-state index in [4.69, 9.17) is 11.6 Å². The Labute approximate surface area is 182 Å². The lowest BCUT2D eigenvalue weighted by atomic mass is 9.86. The third-order valence-corrected chi connectivity index (χ3v) is 5.74. The minimum Gasteiger partial charge on any atom is -0.381 e. The van der Waals surface area contributed by atoms with Crippen LogP contribution in [0, 0.1) is 18.6 Å². The van der Waals surface area contributed by atoms with E-state index in [1.807, 2.05) is 25.1 Å². The van der Waals surface area contributed by atoms with Gasteiger partial charge in [0.1, 0.15) is 29.9 Å². The van der Waals surface area contributed by atoms with Crippen LogP contribution in [0.1, 0.15) is 24.2 Å². The van der Waals surface area contributed by atoms with Crippen LogP contribution in [0.3, 0.4) is 0 Å². The second kappa shape index (κ2) is 8.20. The summed E-state index contributed by atoms with van der Waals surface area (Å²) >= 11 is 6.12. The third kappa shape index (κ3) is 3.96. The number of hydrogen-bond acceptors (Lipinski definition) is 4. The summed E-state index contributed by atoms with van der Waals surface area (Å²) in [6.07, 6.45) is 4.42. The zero-order chi connectivity index (χ0) is 22.2. The number of aliphatic hydroxyl groups is 1. The van der Waals surface area contributed by atoms with Gasteiger partial charge < -0.3 is 5.11 Å². The number of benzene rings is 2. The van der Waals surface area contributed by atoms with Crippen molar-refractivity contribution in [2.75, 3.05) is 0 Å². The molecule has 0 spiro atoms. The van der Waals surface area contributed by atoms with Crippen LogP contribution >= 0.6 is 11.6 Å². The normalized spacial score (nSPS) is 14.4. The average Bonchev–Trinajstić information content (AvgIpc) is 3.36. The highest BCUT2D eigenvalue weighted by Gasteiger charge is 2.41. The molecule has 0 aliphatic carbocycles. The van der Waals surface area contributed by atoms with E-state index in [2.05, 4.69) is 15.2 Å². The number of halogens is 3. The Bertz CT molecular complexity index is 1210. The van der Waals surface area contributed by atoms with Crippen molar-refractivity contribution < 1.29 is 13.9 Å². The van der Waals surface area contributed by atoms with Gasteiger partial charge >= 0.3 is 0 Å². The molecule has 0 fully saturated rings. The Hall–Kier alpha value is -3.10. The van der Waals surface area contributed by atoms with Gasteiger partial charge in [0.05, 0.1) is 18.8 Å². The molecule has 2 aromatic carbocycles. The van der Waals surface area contributed by atoms with Gasteiger partial charge in [0.15, 0.2) is 0 Å². The highest BCUT2D eigenvalue weighted by atomic mass is 35.5. The van der Waals surface area contributed by atoms with Crippen LogP contribution in [-0.2, 0) is 12.1 Å². The van der Waals surface area contributed by atoms with Crippen LogP contribution in [0.25, 0.3) is 11.1 Å². The van der Waals surface area contributed by atoms with Gasteiger partial charge in [-0.1, -0.05) is 29.8 Å². The molecule has 6 nitrogen and oxygen atoms in total. The van der Waals surface area contributed by atoms with Gasteiger partial charge in [0.25, 0.3) is 0 Å². The molecule has 0 aliphatic heterocycles. The van der Waals surface area contributed by atoms with Crippen molar-refractivity contribution in [2.45, 2.75) is 32.0 Å². The SMILES string of the molecule is Cc1c(-c2cccc(Cl)c2)cnn1[C@H](C)[C@](O)(Cn1cncn1)c1ccc(F)cc1F. The van der Waals surface area contributed by atoms with Crippen LogP contribution in [0.5, 0.6) is 0 Å². The summed E-state index contributed by atoms with van der Waals surface area (Å²) in [6, 6.07) is 9.73. The number of nitrogens with zero attached hydrogens (tertiary/aromatic N) is 5. The summed E-state index contributed by atoms with van der Waals surface area (Å²) in [5.74, 6) is -1.58. The van der Waals surface area contributed by atoms with Crippen LogP contribution < -0.4 is 0 Å². The van der Waals surface area contributed by atoms with E-state index in [-0.39, 0.29) is 12.1 Å². The van der Waals surface area contributed by atoms with E-state index in [9.17, 15) is 13.9 Å². The van der Waals surface area contributed by atoms with Crippen LogP contribution in [-0.4, -0.2) is 29.7 Å². The van der Waals surface area contributed by atoms with Gasteiger partial charge in [-0.25, -0.2) is 18.4 Å². The number of rotatable bonds is 6. The fourth-order valence-electron chi connectivity index (χ4n) is 3.80. The predicted octanol–water partition coefficient (Wildman–Crippen LogP) is 4.53. The zero-order valence-electron chi connectivity index (χ0n) is 16.9. The molecular weight excluding hydrogens is 424 g/mol. The minimum absolute atomic E-state index is 0.0592. The van der Waals surface area contributed by atoms with Crippen LogP contribution in [0.4, 0.5) is 8.78 Å². The molecule has 2 heterocycles. The fraction of sp³-hybridized carbons (Fsp3) is 0.227. The lowest BCUT2D eigenvalue weighted by molar-refractivity contribution is -0.0375. The molecule has 2 atom stereocenters. The second-order valence-electron chi connectivity index (χ2n) is 7.42. The Balaban J connectivity index is 1.80. The molecule has 31 heavy (non-hydrogen) atoms. The molecular formula is C22H20ClF2N5O. The van der Waals surface area contributed by atoms with Gasteiger partial charge in [0.2, 0.25) is 0 Å². The lowest BCUT2D eigenvalue weighted by Gasteiger charge is -2.35.